The van der Waals surface area contributed by atoms with Crippen molar-refractivity contribution in [1.29, 1.82) is 0 Å². The van der Waals surface area contributed by atoms with Gasteiger partial charge in [-0.05, 0) is 37.1 Å². The van der Waals surface area contributed by atoms with Gasteiger partial charge in [-0.25, -0.2) is 0 Å². The summed E-state index contributed by atoms with van der Waals surface area (Å²) in [6, 6.07) is 5.03. The van der Waals surface area contributed by atoms with Crippen molar-refractivity contribution in [3.8, 4) is 0 Å². The Labute approximate surface area is 81.1 Å². The predicted octanol–water partition coefficient (Wildman–Crippen LogP) is 3.94. The highest BCUT2D eigenvalue weighted by Gasteiger charge is 2.29. The van der Waals surface area contributed by atoms with E-state index in [9.17, 15) is 13.2 Å². The summed E-state index contributed by atoms with van der Waals surface area (Å²) in [5.41, 5.74) is 0.991. The lowest BCUT2D eigenvalue weighted by Crippen LogP contribution is -2.04. The highest BCUT2D eigenvalue weighted by molar-refractivity contribution is 5.64. The molecule has 14 heavy (non-hydrogen) atoms. The standard InChI is InChI=1S/C11H10F3/c1-3-8(2)9-4-6-10(7-5-9)11(12,13)14/h3-7H,1H2,2H3/b8-3-. The van der Waals surface area contributed by atoms with Gasteiger partial charge < -0.3 is 0 Å². The number of hydrogen-bond donors (Lipinski definition) is 0. The summed E-state index contributed by atoms with van der Waals surface area (Å²) in [5.74, 6) is 0. The van der Waals surface area contributed by atoms with Gasteiger partial charge in [0, 0.05) is 0 Å². The molecule has 0 aliphatic carbocycles. The minimum Gasteiger partial charge on any atom is -0.166 e. The number of rotatable bonds is 1. The minimum atomic E-state index is -4.26. The average molecular weight is 199 g/mol. The Hall–Kier alpha value is -1.25. The summed E-state index contributed by atoms with van der Waals surface area (Å²) >= 11 is 0. The number of alkyl halides is 3. The summed E-state index contributed by atoms with van der Waals surface area (Å²) < 4.78 is 36.5. The molecule has 0 unspecified atom stereocenters. The lowest BCUT2D eigenvalue weighted by atomic mass is 10.1. The van der Waals surface area contributed by atoms with Gasteiger partial charge in [0.05, 0.1) is 5.56 Å². The minimum absolute atomic E-state index is 0.627. The van der Waals surface area contributed by atoms with Crippen molar-refractivity contribution in [2.45, 2.75) is 13.1 Å². The molecule has 0 saturated carbocycles. The van der Waals surface area contributed by atoms with Crippen LogP contribution in [0.2, 0.25) is 0 Å². The molecule has 1 aromatic carbocycles. The Morgan fingerprint density at radius 1 is 1.21 bits per heavy atom. The zero-order valence-corrected chi connectivity index (χ0v) is 7.73. The van der Waals surface area contributed by atoms with Crippen molar-refractivity contribution in [1.82, 2.24) is 0 Å². The fraction of sp³-hybridized carbons (Fsp3) is 0.182. The first-order valence-corrected chi connectivity index (χ1v) is 4.09. The lowest BCUT2D eigenvalue weighted by molar-refractivity contribution is -0.137. The van der Waals surface area contributed by atoms with E-state index < -0.39 is 11.7 Å². The monoisotopic (exact) mass is 199 g/mol. The third kappa shape index (κ3) is 2.37. The third-order valence-corrected chi connectivity index (χ3v) is 1.97. The van der Waals surface area contributed by atoms with Crippen LogP contribution in [0.1, 0.15) is 18.1 Å². The molecule has 0 heterocycles. The molecule has 3 heteroatoms. The van der Waals surface area contributed by atoms with Crippen LogP contribution in [0.5, 0.6) is 0 Å². The van der Waals surface area contributed by atoms with Gasteiger partial charge in [0.2, 0.25) is 0 Å². The molecule has 75 valence electrons. The van der Waals surface area contributed by atoms with E-state index in [0.29, 0.717) is 0 Å². The topological polar surface area (TPSA) is 0 Å². The van der Waals surface area contributed by atoms with E-state index in [1.54, 1.807) is 13.0 Å². The molecule has 0 nitrogen and oxygen atoms in total. The van der Waals surface area contributed by atoms with Crippen LogP contribution in [0.4, 0.5) is 13.2 Å². The average Bonchev–Trinajstić information content (AvgIpc) is 2.15. The molecule has 0 N–H and O–H groups in total. The molecule has 0 aliphatic rings. The quantitative estimate of drug-likeness (QED) is 0.642. The highest BCUT2D eigenvalue weighted by Crippen LogP contribution is 2.29. The van der Waals surface area contributed by atoms with Crippen molar-refractivity contribution in [3.05, 3.63) is 48.4 Å². The molecule has 0 atom stereocenters. The molecule has 0 saturated heterocycles. The molecule has 0 aliphatic heterocycles. The highest BCUT2D eigenvalue weighted by atomic mass is 19.4. The van der Waals surface area contributed by atoms with E-state index in [0.717, 1.165) is 23.3 Å². The first kappa shape index (κ1) is 10.8. The summed E-state index contributed by atoms with van der Waals surface area (Å²) in [6.45, 7) is 5.35. The largest absolute Gasteiger partial charge is 0.416 e. The lowest BCUT2D eigenvalue weighted by Gasteiger charge is -2.07. The summed E-state index contributed by atoms with van der Waals surface area (Å²) in [7, 11) is 0. The molecule has 0 amide bonds. The number of halogens is 3. The van der Waals surface area contributed by atoms with Crippen molar-refractivity contribution >= 4 is 5.57 Å². The molecule has 0 bridgehead atoms. The molecular weight excluding hydrogens is 189 g/mol. The summed E-state index contributed by atoms with van der Waals surface area (Å²) in [4.78, 5) is 0. The second-order valence-corrected chi connectivity index (χ2v) is 2.96. The van der Waals surface area contributed by atoms with E-state index in [1.807, 2.05) is 0 Å². The summed E-state index contributed by atoms with van der Waals surface area (Å²) in [6.07, 6.45) is -2.65. The second kappa shape index (κ2) is 3.86. The fourth-order valence-electron chi connectivity index (χ4n) is 1.04. The van der Waals surface area contributed by atoms with Crippen LogP contribution in [-0.4, -0.2) is 0 Å². The van der Waals surface area contributed by atoms with Crippen LogP contribution in [0.15, 0.2) is 30.3 Å². The van der Waals surface area contributed by atoms with E-state index in [2.05, 4.69) is 6.92 Å². The fourth-order valence-corrected chi connectivity index (χ4v) is 1.04. The van der Waals surface area contributed by atoms with Crippen molar-refractivity contribution in [2.24, 2.45) is 0 Å². The van der Waals surface area contributed by atoms with E-state index >= 15 is 0 Å². The van der Waals surface area contributed by atoms with Crippen LogP contribution in [0.25, 0.3) is 5.57 Å². The van der Waals surface area contributed by atoms with Crippen molar-refractivity contribution in [2.75, 3.05) is 0 Å². The van der Waals surface area contributed by atoms with Crippen LogP contribution < -0.4 is 0 Å². The van der Waals surface area contributed by atoms with Crippen LogP contribution in [0.3, 0.4) is 0 Å². The predicted molar refractivity (Wildman–Crippen MR) is 50.5 cm³/mol. The van der Waals surface area contributed by atoms with Crippen LogP contribution >= 0.6 is 0 Å². The van der Waals surface area contributed by atoms with Crippen molar-refractivity contribution < 1.29 is 13.2 Å². The molecule has 1 aromatic rings. The van der Waals surface area contributed by atoms with Crippen LogP contribution in [-0.2, 0) is 6.18 Å². The molecule has 0 fully saturated rings. The van der Waals surface area contributed by atoms with Gasteiger partial charge in [0.1, 0.15) is 0 Å². The zero-order chi connectivity index (χ0) is 10.8. The molecule has 1 radical (unpaired) electrons. The maximum absolute atomic E-state index is 12.2. The molecule has 1 rings (SSSR count). The van der Waals surface area contributed by atoms with Gasteiger partial charge in [0.25, 0.3) is 0 Å². The molecule has 0 spiro atoms. The smallest absolute Gasteiger partial charge is 0.166 e. The maximum Gasteiger partial charge on any atom is 0.416 e. The Morgan fingerprint density at radius 3 is 2.07 bits per heavy atom. The van der Waals surface area contributed by atoms with E-state index in [-0.39, 0.29) is 0 Å². The molecule has 0 aromatic heterocycles. The van der Waals surface area contributed by atoms with Gasteiger partial charge in [-0.2, -0.15) is 13.2 Å². The third-order valence-electron chi connectivity index (χ3n) is 1.97. The Morgan fingerprint density at radius 2 is 1.71 bits per heavy atom. The maximum atomic E-state index is 12.2. The van der Waals surface area contributed by atoms with E-state index in [1.165, 1.54) is 12.1 Å². The van der Waals surface area contributed by atoms with Crippen molar-refractivity contribution in [3.63, 3.8) is 0 Å². The second-order valence-electron chi connectivity index (χ2n) is 2.96. The normalized spacial score (nSPS) is 13.1. The SMILES string of the molecule is [CH2]/C=C(/C)c1ccc(C(F)(F)F)cc1. The number of hydrogen-bond acceptors (Lipinski definition) is 0. The number of benzene rings is 1. The Bertz CT molecular complexity index is 331. The van der Waals surface area contributed by atoms with Gasteiger partial charge in [-0.3, -0.25) is 0 Å². The molecular formula is C11H10F3. The van der Waals surface area contributed by atoms with Gasteiger partial charge in [0.15, 0.2) is 0 Å². The van der Waals surface area contributed by atoms with E-state index in [4.69, 9.17) is 0 Å². The van der Waals surface area contributed by atoms with Gasteiger partial charge in [-0.1, -0.05) is 18.2 Å². The first-order chi connectivity index (χ1) is 6.45. The Kier molecular flexibility index (Phi) is 2.99. The van der Waals surface area contributed by atoms with Crippen LogP contribution in [0, 0.1) is 6.92 Å². The van der Waals surface area contributed by atoms with Gasteiger partial charge >= 0.3 is 6.18 Å². The summed E-state index contributed by atoms with van der Waals surface area (Å²) in [5, 5.41) is 0. The van der Waals surface area contributed by atoms with Gasteiger partial charge in [-0.15, -0.1) is 0 Å². The Balaban J connectivity index is 3.01. The number of allylic oxidation sites excluding steroid dienone is 2. The first-order valence-electron chi connectivity index (χ1n) is 4.09. The zero-order valence-electron chi connectivity index (χ0n) is 7.73.